The van der Waals surface area contributed by atoms with Crippen molar-refractivity contribution in [1.29, 1.82) is 0 Å². The molecule has 1 heterocycles. The summed E-state index contributed by atoms with van der Waals surface area (Å²) in [7, 11) is 3.89. The van der Waals surface area contributed by atoms with Crippen molar-refractivity contribution in [2.24, 2.45) is 0 Å². The molecule has 0 aliphatic carbocycles. The zero-order chi connectivity index (χ0) is 16.3. The van der Waals surface area contributed by atoms with Crippen LogP contribution in [0, 0.1) is 13.8 Å². The van der Waals surface area contributed by atoms with Crippen molar-refractivity contribution in [2.75, 3.05) is 19.0 Å². The third-order valence-electron chi connectivity index (χ3n) is 3.57. The number of H-pyrrole nitrogens is 1. The molecular formula is C17H21N3O2. The molecule has 1 aromatic carbocycles. The minimum Gasteiger partial charge on any atom is -0.378 e. The Hall–Kier alpha value is -2.56. The van der Waals surface area contributed by atoms with Gasteiger partial charge in [0.05, 0.1) is 0 Å². The van der Waals surface area contributed by atoms with Crippen LogP contribution in [0.4, 0.5) is 5.69 Å². The van der Waals surface area contributed by atoms with Crippen LogP contribution in [0.2, 0.25) is 0 Å². The van der Waals surface area contributed by atoms with Crippen LogP contribution >= 0.6 is 0 Å². The predicted octanol–water partition coefficient (Wildman–Crippen LogP) is 1.99. The Labute approximate surface area is 130 Å². The molecule has 0 unspecified atom stereocenters. The highest BCUT2D eigenvalue weighted by Gasteiger charge is 2.09. The van der Waals surface area contributed by atoms with Crippen molar-refractivity contribution < 1.29 is 4.79 Å². The van der Waals surface area contributed by atoms with Gasteiger partial charge >= 0.3 is 0 Å². The number of hydrogen-bond acceptors (Lipinski definition) is 3. The molecule has 1 aromatic heterocycles. The number of pyridine rings is 1. The van der Waals surface area contributed by atoms with Crippen LogP contribution in [-0.4, -0.2) is 25.0 Å². The van der Waals surface area contributed by atoms with Crippen molar-refractivity contribution in [3.05, 3.63) is 63.1 Å². The van der Waals surface area contributed by atoms with Crippen molar-refractivity contribution >= 4 is 11.6 Å². The molecule has 0 spiro atoms. The maximum absolute atomic E-state index is 12.2. The molecule has 2 N–H and O–H groups in total. The first-order valence-electron chi connectivity index (χ1n) is 7.13. The lowest BCUT2D eigenvalue weighted by atomic mass is 10.1. The molecular weight excluding hydrogens is 278 g/mol. The fraction of sp³-hybridized carbons (Fsp3) is 0.294. The quantitative estimate of drug-likeness (QED) is 0.907. The molecule has 0 radical (unpaired) electrons. The number of benzene rings is 1. The number of carbonyl (C=O) groups is 1. The second kappa shape index (κ2) is 6.47. The first-order chi connectivity index (χ1) is 10.4. The number of carbonyl (C=O) groups excluding carboxylic acids is 1. The Bertz CT molecular complexity index is 731. The van der Waals surface area contributed by atoms with Gasteiger partial charge in [0.15, 0.2) is 0 Å². The van der Waals surface area contributed by atoms with Crippen molar-refractivity contribution in [3.8, 4) is 0 Å². The molecule has 2 aromatic rings. The first-order valence-corrected chi connectivity index (χ1v) is 7.13. The van der Waals surface area contributed by atoms with Gasteiger partial charge in [-0.25, -0.2) is 0 Å². The van der Waals surface area contributed by atoms with Gasteiger partial charge in [-0.15, -0.1) is 0 Å². The SMILES string of the molecule is Cc1cc(C)c(CNC(=O)c2ccc(N(C)C)cc2)c(=O)[nH]1. The normalized spacial score (nSPS) is 10.4. The molecule has 1 amide bonds. The third kappa shape index (κ3) is 3.55. The Morgan fingerprint density at radius 1 is 1.18 bits per heavy atom. The number of hydrogen-bond donors (Lipinski definition) is 2. The zero-order valence-corrected chi connectivity index (χ0v) is 13.4. The molecule has 116 valence electrons. The number of nitrogens with one attached hydrogen (secondary N) is 2. The lowest BCUT2D eigenvalue weighted by Crippen LogP contribution is -2.27. The Morgan fingerprint density at radius 2 is 1.82 bits per heavy atom. The van der Waals surface area contributed by atoms with Gasteiger partial charge in [-0.3, -0.25) is 9.59 Å². The van der Waals surface area contributed by atoms with E-state index in [1.54, 1.807) is 12.1 Å². The van der Waals surface area contributed by atoms with E-state index >= 15 is 0 Å². The molecule has 0 bridgehead atoms. The Kier molecular flexibility index (Phi) is 4.65. The standard InChI is InChI=1S/C17H21N3O2/c1-11-9-12(2)19-17(22)15(11)10-18-16(21)13-5-7-14(8-6-13)20(3)4/h5-9H,10H2,1-4H3,(H,18,21)(H,19,22). The average molecular weight is 299 g/mol. The number of aryl methyl sites for hydroxylation is 2. The topological polar surface area (TPSA) is 65.2 Å². The van der Waals surface area contributed by atoms with E-state index in [0.717, 1.165) is 16.9 Å². The largest absolute Gasteiger partial charge is 0.378 e. The summed E-state index contributed by atoms with van der Waals surface area (Å²) in [6.45, 7) is 3.92. The second-order valence-electron chi connectivity index (χ2n) is 5.57. The number of aromatic nitrogens is 1. The van der Waals surface area contributed by atoms with Crippen LogP contribution in [0.25, 0.3) is 0 Å². The number of rotatable bonds is 4. The predicted molar refractivity (Wildman–Crippen MR) is 88.5 cm³/mol. The van der Waals surface area contributed by atoms with E-state index < -0.39 is 0 Å². The van der Waals surface area contributed by atoms with Gasteiger partial charge in [-0.1, -0.05) is 0 Å². The first kappa shape index (κ1) is 15.8. The summed E-state index contributed by atoms with van der Waals surface area (Å²) < 4.78 is 0. The molecule has 5 heteroatoms. The highest BCUT2D eigenvalue weighted by molar-refractivity contribution is 5.94. The van der Waals surface area contributed by atoms with Crippen molar-refractivity contribution in [3.63, 3.8) is 0 Å². The van der Waals surface area contributed by atoms with Gasteiger partial charge in [0.1, 0.15) is 0 Å². The molecule has 0 fully saturated rings. The van der Waals surface area contributed by atoms with E-state index in [1.165, 1.54) is 0 Å². The highest BCUT2D eigenvalue weighted by Crippen LogP contribution is 2.12. The van der Waals surface area contributed by atoms with Gasteiger partial charge in [-0.05, 0) is 49.7 Å². The van der Waals surface area contributed by atoms with Gasteiger partial charge in [0, 0.05) is 43.1 Å². The zero-order valence-electron chi connectivity index (χ0n) is 13.4. The maximum Gasteiger partial charge on any atom is 0.253 e. The third-order valence-corrected chi connectivity index (χ3v) is 3.57. The maximum atomic E-state index is 12.2. The lowest BCUT2D eigenvalue weighted by Gasteiger charge is -2.13. The Morgan fingerprint density at radius 3 is 2.36 bits per heavy atom. The molecule has 0 saturated heterocycles. The van der Waals surface area contributed by atoms with Crippen LogP contribution in [0.15, 0.2) is 35.1 Å². The van der Waals surface area contributed by atoms with Gasteiger partial charge < -0.3 is 15.2 Å². The van der Waals surface area contributed by atoms with Crippen molar-refractivity contribution in [1.82, 2.24) is 10.3 Å². The van der Waals surface area contributed by atoms with Crippen LogP contribution < -0.4 is 15.8 Å². The van der Waals surface area contributed by atoms with Crippen LogP contribution in [0.5, 0.6) is 0 Å². The van der Waals surface area contributed by atoms with Gasteiger partial charge in [0.2, 0.25) is 0 Å². The second-order valence-corrected chi connectivity index (χ2v) is 5.57. The van der Waals surface area contributed by atoms with E-state index in [2.05, 4.69) is 10.3 Å². The van der Waals surface area contributed by atoms with E-state index in [4.69, 9.17) is 0 Å². The van der Waals surface area contributed by atoms with E-state index in [0.29, 0.717) is 11.1 Å². The highest BCUT2D eigenvalue weighted by atomic mass is 16.1. The average Bonchev–Trinajstić information content (AvgIpc) is 2.46. The summed E-state index contributed by atoms with van der Waals surface area (Å²) in [6.07, 6.45) is 0. The summed E-state index contributed by atoms with van der Waals surface area (Å²) in [5.41, 5.74) is 3.74. The smallest absolute Gasteiger partial charge is 0.253 e. The molecule has 22 heavy (non-hydrogen) atoms. The molecule has 0 aliphatic rings. The minimum absolute atomic E-state index is 0.152. The minimum atomic E-state index is -0.190. The van der Waals surface area contributed by atoms with Crippen LogP contribution in [0.3, 0.4) is 0 Å². The number of aromatic amines is 1. The summed E-state index contributed by atoms with van der Waals surface area (Å²) in [6, 6.07) is 9.22. The molecule has 2 rings (SSSR count). The van der Waals surface area contributed by atoms with Gasteiger partial charge in [-0.2, -0.15) is 0 Å². The summed E-state index contributed by atoms with van der Waals surface area (Å²) >= 11 is 0. The Balaban J connectivity index is 2.09. The summed E-state index contributed by atoms with van der Waals surface area (Å²) in [5, 5.41) is 2.79. The number of amides is 1. The van der Waals surface area contributed by atoms with Crippen molar-refractivity contribution in [2.45, 2.75) is 20.4 Å². The molecule has 5 nitrogen and oxygen atoms in total. The number of anilines is 1. The van der Waals surface area contributed by atoms with Gasteiger partial charge in [0.25, 0.3) is 11.5 Å². The molecule has 0 saturated carbocycles. The fourth-order valence-electron chi connectivity index (χ4n) is 2.28. The lowest BCUT2D eigenvalue weighted by molar-refractivity contribution is 0.0951. The molecule has 0 aliphatic heterocycles. The van der Waals surface area contributed by atoms with E-state index in [1.807, 2.05) is 51.0 Å². The monoisotopic (exact) mass is 299 g/mol. The van der Waals surface area contributed by atoms with Crippen LogP contribution in [0.1, 0.15) is 27.2 Å². The summed E-state index contributed by atoms with van der Waals surface area (Å²) in [5.74, 6) is -0.190. The van der Waals surface area contributed by atoms with E-state index in [9.17, 15) is 9.59 Å². The van der Waals surface area contributed by atoms with E-state index in [-0.39, 0.29) is 18.0 Å². The molecule has 0 atom stereocenters. The number of nitrogens with zero attached hydrogens (tertiary/aromatic N) is 1. The fourth-order valence-corrected chi connectivity index (χ4v) is 2.28. The van der Waals surface area contributed by atoms with Crippen LogP contribution in [-0.2, 0) is 6.54 Å². The summed E-state index contributed by atoms with van der Waals surface area (Å²) in [4.78, 5) is 28.8.